The number of carbonyl (C=O) groups excluding carboxylic acids is 1. The molecule has 0 saturated heterocycles. The van der Waals surface area contributed by atoms with Gasteiger partial charge in [0.05, 0.1) is 19.1 Å². The highest BCUT2D eigenvalue weighted by Gasteiger charge is 2.21. The van der Waals surface area contributed by atoms with Crippen molar-refractivity contribution in [1.82, 2.24) is 15.3 Å². The number of aromatic hydroxyl groups is 2. The summed E-state index contributed by atoms with van der Waals surface area (Å²) in [6, 6.07) is 8.74. The summed E-state index contributed by atoms with van der Waals surface area (Å²) in [6.07, 6.45) is 0. The summed E-state index contributed by atoms with van der Waals surface area (Å²) in [7, 11) is 3.06. The Morgan fingerprint density at radius 1 is 1.19 bits per heavy atom. The summed E-state index contributed by atoms with van der Waals surface area (Å²) in [5.74, 6) is -0.645. The van der Waals surface area contributed by atoms with E-state index in [1.165, 1.54) is 25.6 Å². The maximum absolute atomic E-state index is 12.5. The van der Waals surface area contributed by atoms with E-state index in [4.69, 9.17) is 9.47 Å². The molecule has 3 N–H and O–H groups in total. The van der Waals surface area contributed by atoms with Crippen LogP contribution in [0.25, 0.3) is 10.7 Å². The van der Waals surface area contributed by atoms with E-state index in [0.717, 1.165) is 0 Å². The van der Waals surface area contributed by atoms with Crippen molar-refractivity contribution in [1.29, 1.82) is 0 Å². The Morgan fingerprint density at radius 2 is 2.00 bits per heavy atom. The van der Waals surface area contributed by atoms with Crippen molar-refractivity contribution in [2.45, 2.75) is 6.54 Å². The SMILES string of the molecule is COc1ccc(OC)c(CNC(=O)c2nc(-c3cccs3)nc(O)c2O)c1. The largest absolute Gasteiger partial charge is 0.501 e. The van der Waals surface area contributed by atoms with Crippen LogP contribution in [0.1, 0.15) is 16.1 Å². The highest BCUT2D eigenvalue weighted by molar-refractivity contribution is 7.13. The van der Waals surface area contributed by atoms with E-state index in [2.05, 4.69) is 15.3 Å². The Bertz CT molecular complexity index is 960. The number of nitrogens with one attached hydrogen (secondary N) is 1. The number of hydrogen-bond donors (Lipinski definition) is 3. The zero-order chi connectivity index (χ0) is 19.4. The van der Waals surface area contributed by atoms with Gasteiger partial charge in [-0.3, -0.25) is 4.79 Å². The van der Waals surface area contributed by atoms with Gasteiger partial charge in [-0.25, -0.2) is 4.98 Å². The van der Waals surface area contributed by atoms with E-state index >= 15 is 0 Å². The lowest BCUT2D eigenvalue weighted by Crippen LogP contribution is -2.24. The van der Waals surface area contributed by atoms with Gasteiger partial charge in [0.25, 0.3) is 11.8 Å². The Morgan fingerprint density at radius 3 is 2.67 bits per heavy atom. The van der Waals surface area contributed by atoms with Gasteiger partial charge >= 0.3 is 0 Å². The van der Waals surface area contributed by atoms with Gasteiger partial charge in [-0.1, -0.05) is 6.07 Å². The number of nitrogens with zero attached hydrogens (tertiary/aromatic N) is 2. The molecule has 2 heterocycles. The first-order valence-electron chi connectivity index (χ1n) is 7.86. The monoisotopic (exact) mass is 387 g/mol. The predicted molar refractivity (Wildman–Crippen MR) is 99.4 cm³/mol. The molecule has 0 radical (unpaired) electrons. The van der Waals surface area contributed by atoms with Crippen LogP contribution in [0.4, 0.5) is 0 Å². The number of methoxy groups -OCH3 is 2. The first-order valence-corrected chi connectivity index (χ1v) is 8.74. The van der Waals surface area contributed by atoms with Crippen LogP contribution >= 0.6 is 11.3 Å². The highest BCUT2D eigenvalue weighted by atomic mass is 32.1. The first-order chi connectivity index (χ1) is 13.0. The fourth-order valence-electron chi connectivity index (χ4n) is 2.40. The van der Waals surface area contributed by atoms with Crippen LogP contribution in [0, 0.1) is 0 Å². The third-order valence-corrected chi connectivity index (χ3v) is 4.62. The number of rotatable bonds is 6. The van der Waals surface area contributed by atoms with Crippen molar-refractivity contribution in [2.24, 2.45) is 0 Å². The van der Waals surface area contributed by atoms with Crippen LogP contribution < -0.4 is 14.8 Å². The molecule has 140 valence electrons. The van der Waals surface area contributed by atoms with Crippen LogP contribution in [-0.4, -0.2) is 40.3 Å². The van der Waals surface area contributed by atoms with Crippen LogP contribution in [0.3, 0.4) is 0 Å². The third-order valence-electron chi connectivity index (χ3n) is 3.75. The average molecular weight is 387 g/mol. The molecule has 0 aliphatic carbocycles. The molecule has 0 bridgehead atoms. The van der Waals surface area contributed by atoms with E-state index in [-0.39, 0.29) is 18.1 Å². The third kappa shape index (κ3) is 3.93. The van der Waals surface area contributed by atoms with E-state index in [9.17, 15) is 15.0 Å². The summed E-state index contributed by atoms with van der Waals surface area (Å²) >= 11 is 1.35. The average Bonchev–Trinajstić information content (AvgIpc) is 3.22. The molecule has 3 rings (SSSR count). The molecule has 8 nitrogen and oxygen atoms in total. The number of hydrogen-bond acceptors (Lipinski definition) is 8. The molecule has 2 aromatic heterocycles. The lowest BCUT2D eigenvalue weighted by molar-refractivity contribution is 0.0941. The quantitative estimate of drug-likeness (QED) is 0.596. The van der Waals surface area contributed by atoms with Crippen LogP contribution in [0.5, 0.6) is 23.1 Å². The van der Waals surface area contributed by atoms with Gasteiger partial charge in [0.2, 0.25) is 5.75 Å². The molecule has 0 aliphatic rings. The molecule has 9 heteroatoms. The normalized spacial score (nSPS) is 10.4. The molecule has 1 amide bonds. The van der Waals surface area contributed by atoms with Crippen LogP contribution in [0.2, 0.25) is 0 Å². The molecule has 27 heavy (non-hydrogen) atoms. The maximum Gasteiger partial charge on any atom is 0.274 e. The predicted octanol–water partition coefficient (Wildman–Crippen LogP) is 2.56. The van der Waals surface area contributed by atoms with E-state index in [0.29, 0.717) is 21.9 Å². The maximum atomic E-state index is 12.5. The Kier molecular flexibility index (Phi) is 5.41. The van der Waals surface area contributed by atoms with E-state index in [1.807, 2.05) is 5.38 Å². The van der Waals surface area contributed by atoms with Crippen molar-refractivity contribution >= 4 is 17.2 Å². The second-order valence-electron chi connectivity index (χ2n) is 5.41. The molecule has 0 atom stereocenters. The number of aromatic nitrogens is 2. The lowest BCUT2D eigenvalue weighted by Gasteiger charge is -2.12. The minimum absolute atomic E-state index is 0.109. The molecule has 3 aromatic rings. The molecule has 0 fully saturated rings. The Labute approximate surface area is 159 Å². The fourth-order valence-corrected chi connectivity index (χ4v) is 3.05. The summed E-state index contributed by atoms with van der Waals surface area (Å²) < 4.78 is 10.5. The van der Waals surface area contributed by atoms with Gasteiger partial charge < -0.3 is 25.0 Å². The topological polar surface area (TPSA) is 114 Å². The molecule has 0 aliphatic heterocycles. The van der Waals surface area contributed by atoms with Crippen LogP contribution in [-0.2, 0) is 6.54 Å². The smallest absolute Gasteiger partial charge is 0.274 e. The molecule has 1 aromatic carbocycles. The second-order valence-corrected chi connectivity index (χ2v) is 6.35. The van der Waals surface area contributed by atoms with E-state index in [1.54, 1.807) is 30.3 Å². The summed E-state index contributed by atoms with van der Waals surface area (Å²) in [6.45, 7) is 0.109. The molecular formula is C18H17N3O5S. The van der Waals surface area contributed by atoms with Gasteiger partial charge in [-0.2, -0.15) is 4.98 Å². The number of ether oxygens (including phenoxy) is 2. The Balaban J connectivity index is 1.85. The van der Waals surface area contributed by atoms with Crippen molar-refractivity contribution in [3.05, 3.63) is 47.0 Å². The number of benzene rings is 1. The van der Waals surface area contributed by atoms with E-state index < -0.39 is 17.5 Å². The van der Waals surface area contributed by atoms with Gasteiger partial charge in [0.1, 0.15) is 11.5 Å². The minimum atomic E-state index is -0.676. The van der Waals surface area contributed by atoms with Gasteiger partial charge in [-0.15, -0.1) is 11.3 Å². The number of amides is 1. The second kappa shape index (κ2) is 7.92. The zero-order valence-corrected chi connectivity index (χ0v) is 15.4. The zero-order valence-electron chi connectivity index (χ0n) is 14.6. The standard InChI is InChI=1S/C18H17N3O5S/c1-25-11-5-6-12(26-2)10(8-11)9-19-17(23)14-15(22)18(24)21-16(20-14)13-4-3-7-27-13/h3-8,22H,9H2,1-2H3,(H,19,23)(H,20,21,24). The summed E-state index contributed by atoms with van der Waals surface area (Å²) in [4.78, 5) is 21.1. The fraction of sp³-hybridized carbons (Fsp3) is 0.167. The molecule has 0 spiro atoms. The van der Waals surface area contributed by atoms with Crippen molar-refractivity contribution in [3.63, 3.8) is 0 Å². The molecule has 0 unspecified atom stereocenters. The van der Waals surface area contributed by atoms with Crippen molar-refractivity contribution < 1.29 is 24.5 Å². The molecular weight excluding hydrogens is 370 g/mol. The summed E-state index contributed by atoms with van der Waals surface area (Å²) in [5, 5.41) is 24.3. The first kappa shape index (κ1) is 18.5. The van der Waals surface area contributed by atoms with Crippen LogP contribution in [0.15, 0.2) is 35.7 Å². The van der Waals surface area contributed by atoms with Crippen molar-refractivity contribution in [2.75, 3.05) is 14.2 Å². The van der Waals surface area contributed by atoms with Gasteiger partial charge in [0, 0.05) is 12.1 Å². The highest BCUT2D eigenvalue weighted by Crippen LogP contribution is 2.30. The lowest BCUT2D eigenvalue weighted by atomic mass is 10.2. The van der Waals surface area contributed by atoms with Gasteiger partial charge in [-0.05, 0) is 29.6 Å². The number of carbonyl (C=O) groups is 1. The molecule has 0 saturated carbocycles. The number of thiophene rings is 1. The Hall–Kier alpha value is -3.33. The summed E-state index contributed by atoms with van der Waals surface area (Å²) in [5.41, 5.74) is 0.370. The van der Waals surface area contributed by atoms with Crippen molar-refractivity contribution in [3.8, 4) is 33.8 Å². The van der Waals surface area contributed by atoms with Gasteiger partial charge in [0.15, 0.2) is 11.5 Å². The minimum Gasteiger partial charge on any atom is -0.501 e.